The Bertz CT molecular complexity index is 1380. The van der Waals surface area contributed by atoms with Crippen molar-refractivity contribution in [1.82, 2.24) is 0 Å². The minimum Gasteiger partial charge on any atom is -0.497 e. The summed E-state index contributed by atoms with van der Waals surface area (Å²) >= 11 is 0. The van der Waals surface area contributed by atoms with Crippen LogP contribution in [0.3, 0.4) is 0 Å². The average molecular weight is 528 g/mol. The number of carbonyl (C=O) groups is 1. The van der Waals surface area contributed by atoms with Crippen molar-refractivity contribution in [2.24, 2.45) is 0 Å². The summed E-state index contributed by atoms with van der Waals surface area (Å²) in [4.78, 5) is 23.7. The average Bonchev–Trinajstić information content (AvgIpc) is 2.91. The van der Waals surface area contributed by atoms with Crippen molar-refractivity contribution in [1.29, 1.82) is 0 Å². The molecule has 0 aliphatic heterocycles. The second-order valence-electron chi connectivity index (χ2n) is 7.98. The van der Waals surface area contributed by atoms with E-state index < -0.39 is 38.0 Å². The van der Waals surface area contributed by atoms with Gasteiger partial charge < -0.3 is 14.8 Å². The summed E-state index contributed by atoms with van der Waals surface area (Å²) < 4.78 is 39.2. The van der Waals surface area contributed by atoms with E-state index >= 15 is 0 Å². The van der Waals surface area contributed by atoms with Gasteiger partial charge in [0, 0.05) is 17.8 Å². The van der Waals surface area contributed by atoms with Gasteiger partial charge in [0.05, 0.1) is 24.8 Å². The van der Waals surface area contributed by atoms with E-state index in [2.05, 4.69) is 5.32 Å². The molecule has 0 fully saturated rings. The standard InChI is InChI=1S/C26H29N3O7S/c1-5-18-10-9-11-19(6-2)26(18)27-25(30)17-28(21-15-14-20(35-3)16-23(21)36-4)37(33,34)24-13-8-7-12-22(24)29(31)32/h7-16H,5-6,17H2,1-4H3,(H,27,30). The predicted octanol–water partition coefficient (Wildman–Crippen LogP) is 4.57. The van der Waals surface area contributed by atoms with Crippen LogP contribution in [0.2, 0.25) is 0 Å². The predicted molar refractivity (Wildman–Crippen MR) is 141 cm³/mol. The molecule has 37 heavy (non-hydrogen) atoms. The van der Waals surface area contributed by atoms with Crippen LogP contribution >= 0.6 is 0 Å². The number of nitrogens with one attached hydrogen (secondary N) is 1. The van der Waals surface area contributed by atoms with Gasteiger partial charge in [0.25, 0.3) is 15.7 Å². The van der Waals surface area contributed by atoms with E-state index in [1.807, 2.05) is 32.0 Å². The third-order valence-electron chi connectivity index (χ3n) is 5.84. The maximum absolute atomic E-state index is 13.9. The van der Waals surface area contributed by atoms with E-state index in [9.17, 15) is 23.3 Å². The molecule has 1 N–H and O–H groups in total. The van der Waals surface area contributed by atoms with Crippen LogP contribution in [-0.4, -0.2) is 40.0 Å². The zero-order valence-electron chi connectivity index (χ0n) is 21.1. The van der Waals surface area contributed by atoms with Crippen LogP contribution < -0.4 is 19.1 Å². The second-order valence-corrected chi connectivity index (χ2v) is 9.81. The molecule has 0 saturated carbocycles. The van der Waals surface area contributed by atoms with Crippen LogP contribution in [0, 0.1) is 10.1 Å². The number of nitrogens with zero attached hydrogens (tertiary/aromatic N) is 2. The van der Waals surface area contributed by atoms with Gasteiger partial charge in [-0.2, -0.15) is 0 Å². The fourth-order valence-corrected chi connectivity index (χ4v) is 5.54. The van der Waals surface area contributed by atoms with Crippen LogP contribution in [0.5, 0.6) is 11.5 Å². The first kappa shape index (κ1) is 27.5. The minimum absolute atomic E-state index is 0.0242. The Kier molecular flexibility index (Phi) is 8.72. The Morgan fingerprint density at radius 1 is 0.973 bits per heavy atom. The van der Waals surface area contributed by atoms with Gasteiger partial charge in [-0.15, -0.1) is 0 Å². The lowest BCUT2D eigenvalue weighted by Crippen LogP contribution is -2.38. The SMILES string of the molecule is CCc1cccc(CC)c1NC(=O)CN(c1ccc(OC)cc1OC)S(=O)(=O)c1ccccc1[N+](=O)[O-]. The van der Waals surface area contributed by atoms with Gasteiger partial charge in [-0.3, -0.25) is 19.2 Å². The number of benzene rings is 3. The number of para-hydroxylation sites is 2. The van der Waals surface area contributed by atoms with Crippen molar-refractivity contribution < 1.29 is 27.6 Å². The Morgan fingerprint density at radius 3 is 2.19 bits per heavy atom. The summed E-state index contributed by atoms with van der Waals surface area (Å²) in [6, 6.07) is 15.1. The summed E-state index contributed by atoms with van der Waals surface area (Å²) in [6.07, 6.45) is 1.32. The molecule has 0 spiro atoms. The third kappa shape index (κ3) is 5.83. The quantitative estimate of drug-likeness (QED) is 0.286. The van der Waals surface area contributed by atoms with E-state index in [1.165, 1.54) is 44.6 Å². The maximum atomic E-state index is 13.9. The van der Waals surface area contributed by atoms with Crippen LogP contribution in [-0.2, 0) is 27.7 Å². The molecule has 3 aromatic carbocycles. The molecule has 196 valence electrons. The maximum Gasteiger partial charge on any atom is 0.289 e. The molecule has 11 heteroatoms. The summed E-state index contributed by atoms with van der Waals surface area (Å²) in [7, 11) is -1.80. The summed E-state index contributed by atoms with van der Waals surface area (Å²) in [5.74, 6) is -0.106. The molecule has 0 bridgehead atoms. The van der Waals surface area contributed by atoms with Gasteiger partial charge in [-0.05, 0) is 42.2 Å². The van der Waals surface area contributed by atoms with Crippen molar-refractivity contribution in [2.45, 2.75) is 31.6 Å². The Labute approximate surface area is 216 Å². The highest BCUT2D eigenvalue weighted by Crippen LogP contribution is 2.37. The molecule has 1 amide bonds. The molecule has 0 aliphatic rings. The van der Waals surface area contributed by atoms with Crippen molar-refractivity contribution in [3.63, 3.8) is 0 Å². The number of nitro benzene ring substituents is 1. The lowest BCUT2D eigenvalue weighted by molar-refractivity contribution is -0.387. The number of anilines is 2. The molecule has 0 heterocycles. The van der Waals surface area contributed by atoms with E-state index in [0.717, 1.165) is 27.6 Å². The molecule has 3 aromatic rings. The second kappa shape index (κ2) is 11.7. The Morgan fingerprint density at radius 2 is 1.62 bits per heavy atom. The molecule has 3 rings (SSSR count). The summed E-state index contributed by atoms with van der Waals surface area (Å²) in [5, 5.41) is 14.5. The topological polar surface area (TPSA) is 128 Å². The van der Waals surface area contributed by atoms with Crippen molar-refractivity contribution >= 4 is 33.0 Å². The highest BCUT2D eigenvalue weighted by Gasteiger charge is 2.35. The zero-order chi connectivity index (χ0) is 27.2. The monoisotopic (exact) mass is 527 g/mol. The number of aryl methyl sites for hydroxylation is 2. The zero-order valence-corrected chi connectivity index (χ0v) is 21.9. The number of amides is 1. The summed E-state index contributed by atoms with van der Waals surface area (Å²) in [5.41, 5.74) is 1.86. The van der Waals surface area contributed by atoms with Gasteiger partial charge in [-0.25, -0.2) is 8.42 Å². The largest absolute Gasteiger partial charge is 0.497 e. The number of methoxy groups -OCH3 is 2. The van der Waals surface area contributed by atoms with Gasteiger partial charge in [0.2, 0.25) is 5.91 Å². The van der Waals surface area contributed by atoms with Crippen LogP contribution in [0.1, 0.15) is 25.0 Å². The van der Waals surface area contributed by atoms with Crippen LogP contribution in [0.15, 0.2) is 65.6 Å². The molecule has 0 atom stereocenters. The number of hydrogen-bond acceptors (Lipinski definition) is 7. The molecule has 0 saturated heterocycles. The molecule has 0 aliphatic carbocycles. The first-order chi connectivity index (χ1) is 17.7. The van der Waals surface area contributed by atoms with Gasteiger partial charge >= 0.3 is 0 Å². The lowest BCUT2D eigenvalue weighted by Gasteiger charge is -2.26. The molecular weight excluding hydrogens is 498 g/mol. The number of sulfonamides is 1. The van der Waals surface area contributed by atoms with E-state index in [0.29, 0.717) is 24.3 Å². The lowest BCUT2D eigenvalue weighted by atomic mass is 10.0. The Hall–Kier alpha value is -4.12. The number of ether oxygens (including phenoxy) is 2. The molecule has 0 radical (unpaired) electrons. The summed E-state index contributed by atoms with van der Waals surface area (Å²) in [6.45, 7) is 3.26. The number of hydrogen-bond donors (Lipinski definition) is 1. The first-order valence-corrected chi connectivity index (χ1v) is 13.0. The fraction of sp³-hybridized carbons (Fsp3) is 0.269. The molecule has 0 aromatic heterocycles. The third-order valence-corrected chi connectivity index (χ3v) is 7.64. The highest BCUT2D eigenvalue weighted by atomic mass is 32.2. The Balaban J connectivity index is 2.14. The van der Waals surface area contributed by atoms with Crippen LogP contribution in [0.4, 0.5) is 17.1 Å². The van der Waals surface area contributed by atoms with Crippen molar-refractivity contribution in [3.05, 3.63) is 81.9 Å². The van der Waals surface area contributed by atoms with Gasteiger partial charge in [0.15, 0.2) is 4.90 Å². The normalized spacial score (nSPS) is 11.0. The molecule has 10 nitrogen and oxygen atoms in total. The highest BCUT2D eigenvalue weighted by molar-refractivity contribution is 7.93. The van der Waals surface area contributed by atoms with Crippen molar-refractivity contribution in [2.75, 3.05) is 30.4 Å². The van der Waals surface area contributed by atoms with Crippen LogP contribution in [0.25, 0.3) is 0 Å². The minimum atomic E-state index is -4.59. The number of carbonyl (C=O) groups excluding carboxylic acids is 1. The van der Waals surface area contributed by atoms with Crippen molar-refractivity contribution in [3.8, 4) is 11.5 Å². The smallest absolute Gasteiger partial charge is 0.289 e. The van der Waals surface area contributed by atoms with E-state index in [4.69, 9.17) is 9.47 Å². The first-order valence-electron chi connectivity index (χ1n) is 11.6. The number of rotatable bonds is 11. The van der Waals surface area contributed by atoms with Gasteiger partial charge in [-0.1, -0.05) is 44.2 Å². The fourth-order valence-electron chi connectivity index (χ4n) is 3.95. The van der Waals surface area contributed by atoms with E-state index in [-0.39, 0.29) is 11.4 Å². The van der Waals surface area contributed by atoms with E-state index in [1.54, 1.807) is 0 Å². The molecule has 0 unspecified atom stereocenters. The molecular formula is C26H29N3O7S. The van der Waals surface area contributed by atoms with Gasteiger partial charge in [0.1, 0.15) is 18.0 Å². The number of nitro groups is 1.